The smallest absolute Gasteiger partial charge is 0.326 e. The van der Waals surface area contributed by atoms with Gasteiger partial charge < -0.3 is 15.7 Å². The van der Waals surface area contributed by atoms with Crippen LogP contribution in [-0.2, 0) is 11.3 Å². The Hall–Kier alpha value is -1.28. The summed E-state index contributed by atoms with van der Waals surface area (Å²) in [5.41, 5.74) is 0.908. The van der Waals surface area contributed by atoms with Crippen LogP contribution in [0.1, 0.15) is 17.1 Å². The number of hydrogen-bond acceptors (Lipinski definition) is 5. The molecule has 1 aromatic rings. The normalized spacial score (nSPS) is 11.9. The van der Waals surface area contributed by atoms with E-state index in [0.717, 1.165) is 10.7 Å². The van der Waals surface area contributed by atoms with Gasteiger partial charge in [-0.3, -0.25) is 0 Å². The van der Waals surface area contributed by atoms with Crippen molar-refractivity contribution in [2.24, 2.45) is 0 Å². The van der Waals surface area contributed by atoms with E-state index in [1.54, 1.807) is 11.8 Å². The molecule has 19 heavy (non-hydrogen) atoms. The molecule has 1 aromatic heterocycles. The van der Waals surface area contributed by atoms with Gasteiger partial charge in [-0.1, -0.05) is 0 Å². The van der Waals surface area contributed by atoms with Crippen molar-refractivity contribution in [3.8, 4) is 0 Å². The van der Waals surface area contributed by atoms with E-state index in [1.165, 1.54) is 11.3 Å². The minimum Gasteiger partial charge on any atom is -0.480 e. The molecule has 0 spiro atoms. The molecule has 106 valence electrons. The van der Waals surface area contributed by atoms with E-state index in [0.29, 0.717) is 18.7 Å². The van der Waals surface area contributed by atoms with Crippen LogP contribution in [0.5, 0.6) is 0 Å². The zero-order chi connectivity index (χ0) is 14.3. The molecule has 6 nitrogen and oxygen atoms in total. The Bertz CT molecular complexity index is 437. The van der Waals surface area contributed by atoms with E-state index in [-0.39, 0.29) is 0 Å². The number of thiazole rings is 1. The van der Waals surface area contributed by atoms with Gasteiger partial charge in [0, 0.05) is 11.1 Å². The Morgan fingerprint density at radius 3 is 2.84 bits per heavy atom. The zero-order valence-corrected chi connectivity index (χ0v) is 12.4. The number of aromatic nitrogens is 1. The number of nitrogens with one attached hydrogen (secondary N) is 2. The third-order valence-corrected chi connectivity index (χ3v) is 3.89. The van der Waals surface area contributed by atoms with Crippen LogP contribution in [0.25, 0.3) is 0 Å². The Balaban J connectivity index is 2.37. The first-order chi connectivity index (χ1) is 9.02. The minimum absolute atomic E-state index is 0.305. The lowest BCUT2D eigenvalue weighted by Gasteiger charge is -2.14. The van der Waals surface area contributed by atoms with Crippen molar-refractivity contribution >= 4 is 35.1 Å². The summed E-state index contributed by atoms with van der Waals surface area (Å²) in [5, 5.41) is 16.7. The summed E-state index contributed by atoms with van der Waals surface area (Å²) in [6, 6.07) is -1.34. The molecule has 0 aliphatic rings. The number of carboxylic acid groups (broad SMARTS) is 1. The molecule has 0 fully saturated rings. The van der Waals surface area contributed by atoms with Gasteiger partial charge in [0.05, 0.1) is 6.54 Å². The van der Waals surface area contributed by atoms with Crippen LogP contribution in [-0.4, -0.2) is 40.1 Å². The van der Waals surface area contributed by atoms with Gasteiger partial charge in [-0.15, -0.1) is 11.3 Å². The second kappa shape index (κ2) is 8.00. The van der Waals surface area contributed by atoms with Crippen LogP contribution >= 0.6 is 23.1 Å². The summed E-state index contributed by atoms with van der Waals surface area (Å²) in [6.45, 7) is 2.18. The number of aryl methyl sites for hydroxylation is 1. The number of thioether (sulfide) groups is 1. The van der Waals surface area contributed by atoms with E-state index in [9.17, 15) is 9.59 Å². The predicted molar refractivity (Wildman–Crippen MR) is 76.6 cm³/mol. The quantitative estimate of drug-likeness (QED) is 0.709. The molecule has 0 radical (unpaired) electrons. The van der Waals surface area contributed by atoms with Gasteiger partial charge in [0.2, 0.25) is 0 Å². The maximum atomic E-state index is 11.6. The molecule has 3 N–H and O–H groups in total. The van der Waals surface area contributed by atoms with Crippen molar-refractivity contribution in [2.45, 2.75) is 25.9 Å². The minimum atomic E-state index is -1.02. The predicted octanol–water partition coefficient (Wildman–Crippen LogP) is 1.46. The van der Waals surface area contributed by atoms with Crippen molar-refractivity contribution in [2.75, 3.05) is 12.0 Å². The van der Waals surface area contributed by atoms with Crippen LogP contribution in [0.15, 0.2) is 5.38 Å². The number of carboxylic acids is 1. The Kier molecular flexibility index (Phi) is 6.65. The maximum absolute atomic E-state index is 11.6. The summed E-state index contributed by atoms with van der Waals surface area (Å²) < 4.78 is 0. The van der Waals surface area contributed by atoms with Crippen molar-refractivity contribution in [1.82, 2.24) is 15.6 Å². The monoisotopic (exact) mass is 303 g/mol. The molecule has 0 bridgehead atoms. The van der Waals surface area contributed by atoms with Gasteiger partial charge >= 0.3 is 12.0 Å². The summed E-state index contributed by atoms with van der Waals surface area (Å²) in [5.74, 6) is -0.336. The van der Waals surface area contributed by atoms with E-state index < -0.39 is 18.0 Å². The molecule has 0 aromatic carbocycles. The molecule has 1 heterocycles. The molecule has 8 heteroatoms. The van der Waals surface area contributed by atoms with Crippen molar-refractivity contribution in [1.29, 1.82) is 0 Å². The van der Waals surface area contributed by atoms with Gasteiger partial charge in [0.1, 0.15) is 11.0 Å². The zero-order valence-electron chi connectivity index (χ0n) is 10.8. The van der Waals surface area contributed by atoms with Crippen LogP contribution < -0.4 is 10.6 Å². The molecule has 1 rings (SSSR count). The first-order valence-corrected chi connectivity index (χ1v) is 7.97. The van der Waals surface area contributed by atoms with Crippen molar-refractivity contribution in [3.63, 3.8) is 0 Å². The number of aliphatic carboxylic acids is 1. The number of carbonyl (C=O) groups is 2. The molecule has 0 saturated heterocycles. The largest absolute Gasteiger partial charge is 0.480 e. The number of hydrogen-bond donors (Lipinski definition) is 3. The highest BCUT2D eigenvalue weighted by molar-refractivity contribution is 7.98. The van der Waals surface area contributed by atoms with E-state index in [2.05, 4.69) is 15.6 Å². The number of nitrogens with zero attached hydrogens (tertiary/aromatic N) is 1. The van der Waals surface area contributed by atoms with Crippen LogP contribution in [0.2, 0.25) is 0 Å². The van der Waals surface area contributed by atoms with E-state index in [1.807, 2.05) is 18.6 Å². The lowest BCUT2D eigenvalue weighted by Crippen LogP contribution is -2.46. The Morgan fingerprint density at radius 2 is 2.32 bits per heavy atom. The standard InChI is InChI=1S/C11H17N3O3S2/c1-7-6-19-9(13-7)5-12-11(17)14-8(10(15)16)3-4-18-2/h6,8H,3-5H2,1-2H3,(H,15,16)(H2,12,14,17)/t8-/m1/s1. The second-order valence-corrected chi connectivity index (χ2v) is 5.81. The van der Waals surface area contributed by atoms with Gasteiger partial charge in [-0.2, -0.15) is 11.8 Å². The summed E-state index contributed by atoms with van der Waals surface area (Å²) in [6.07, 6.45) is 2.30. The second-order valence-electron chi connectivity index (χ2n) is 3.88. The molecule has 0 aliphatic carbocycles. The fraction of sp³-hybridized carbons (Fsp3) is 0.545. The first kappa shape index (κ1) is 15.8. The maximum Gasteiger partial charge on any atom is 0.326 e. The highest BCUT2D eigenvalue weighted by Gasteiger charge is 2.19. The topological polar surface area (TPSA) is 91.3 Å². The number of rotatable bonds is 7. The number of carbonyl (C=O) groups excluding carboxylic acids is 1. The summed E-state index contributed by atoms with van der Waals surface area (Å²) in [4.78, 5) is 26.7. The molecule has 0 aliphatic heterocycles. The number of amides is 2. The Labute approximate surface area is 120 Å². The lowest BCUT2D eigenvalue weighted by atomic mass is 10.2. The van der Waals surface area contributed by atoms with Crippen LogP contribution in [0, 0.1) is 6.92 Å². The average molecular weight is 303 g/mol. The number of urea groups is 1. The fourth-order valence-corrected chi connectivity index (χ4v) is 2.53. The van der Waals surface area contributed by atoms with E-state index >= 15 is 0 Å². The molecular formula is C11H17N3O3S2. The highest BCUT2D eigenvalue weighted by Crippen LogP contribution is 2.07. The van der Waals surface area contributed by atoms with Crippen LogP contribution in [0.3, 0.4) is 0 Å². The molecule has 0 unspecified atom stereocenters. The van der Waals surface area contributed by atoms with Crippen LogP contribution in [0.4, 0.5) is 4.79 Å². The van der Waals surface area contributed by atoms with Crippen molar-refractivity contribution in [3.05, 3.63) is 16.1 Å². The van der Waals surface area contributed by atoms with Crippen molar-refractivity contribution < 1.29 is 14.7 Å². The molecular weight excluding hydrogens is 286 g/mol. The van der Waals surface area contributed by atoms with Gasteiger partial charge in [-0.05, 0) is 25.4 Å². The fourth-order valence-electron chi connectivity index (χ4n) is 1.34. The first-order valence-electron chi connectivity index (χ1n) is 5.70. The third-order valence-electron chi connectivity index (χ3n) is 2.28. The van der Waals surface area contributed by atoms with Gasteiger partial charge in [0.15, 0.2) is 0 Å². The molecule has 2 amide bonds. The molecule has 0 saturated carbocycles. The molecule has 1 atom stereocenters. The van der Waals surface area contributed by atoms with Gasteiger partial charge in [0.25, 0.3) is 0 Å². The average Bonchev–Trinajstić information content (AvgIpc) is 2.77. The third kappa shape index (κ3) is 5.93. The summed E-state index contributed by atoms with van der Waals surface area (Å²) >= 11 is 3.00. The highest BCUT2D eigenvalue weighted by atomic mass is 32.2. The Morgan fingerprint density at radius 1 is 1.58 bits per heavy atom. The van der Waals surface area contributed by atoms with E-state index in [4.69, 9.17) is 5.11 Å². The van der Waals surface area contributed by atoms with Gasteiger partial charge in [-0.25, -0.2) is 14.6 Å². The summed E-state index contributed by atoms with van der Waals surface area (Å²) in [7, 11) is 0. The lowest BCUT2D eigenvalue weighted by molar-refractivity contribution is -0.139. The SMILES string of the molecule is CSCC[C@@H](NC(=O)NCc1nc(C)cs1)C(=O)O.